The lowest BCUT2D eigenvalue weighted by molar-refractivity contribution is -0.143. The van der Waals surface area contributed by atoms with Crippen molar-refractivity contribution in [3.8, 4) is 11.4 Å². The highest BCUT2D eigenvalue weighted by atomic mass is 19.4. The van der Waals surface area contributed by atoms with Crippen molar-refractivity contribution < 1.29 is 35.9 Å². The Morgan fingerprint density at radius 2 is 1.45 bits per heavy atom. The first kappa shape index (κ1) is 24.1. The molecule has 0 aliphatic rings. The van der Waals surface area contributed by atoms with Gasteiger partial charge in [0.1, 0.15) is 0 Å². The molecule has 2 aromatic rings. The molecule has 0 bridgehead atoms. The number of carbonyl (C=O) groups is 2. The summed E-state index contributed by atoms with van der Waals surface area (Å²) in [5.41, 5.74) is -0.142. The molecule has 1 aromatic heterocycles. The third kappa shape index (κ3) is 5.92. The Balaban J connectivity index is 2.29. The average molecular weight is 452 g/mol. The Bertz CT molecular complexity index is 944. The number of hydrogen-bond donors (Lipinski definition) is 2. The maximum absolute atomic E-state index is 13.0. The van der Waals surface area contributed by atoms with Crippen molar-refractivity contribution in [2.24, 2.45) is 5.41 Å². The molecular formula is C17H18F6N6O2. The van der Waals surface area contributed by atoms with Gasteiger partial charge in [-0.15, -0.1) is 10.2 Å². The maximum Gasteiger partial charge on any atom is 0.416 e. The van der Waals surface area contributed by atoms with Gasteiger partial charge in [0.2, 0.25) is 11.7 Å². The number of hydrazine groups is 1. The van der Waals surface area contributed by atoms with E-state index in [9.17, 15) is 35.9 Å². The highest BCUT2D eigenvalue weighted by Crippen LogP contribution is 2.38. The number of alkyl halides is 6. The van der Waals surface area contributed by atoms with Crippen LogP contribution in [0, 0.1) is 5.41 Å². The molecule has 1 aromatic carbocycles. The van der Waals surface area contributed by atoms with Gasteiger partial charge in [-0.05, 0) is 30.3 Å². The molecule has 14 heteroatoms. The van der Waals surface area contributed by atoms with Gasteiger partial charge >= 0.3 is 12.4 Å². The van der Waals surface area contributed by atoms with Crippen LogP contribution in [-0.4, -0.2) is 32.0 Å². The van der Waals surface area contributed by atoms with E-state index in [1.807, 2.05) is 0 Å². The first-order chi connectivity index (χ1) is 14.0. The fourth-order valence-electron chi connectivity index (χ4n) is 2.10. The Morgan fingerprint density at radius 3 is 1.90 bits per heavy atom. The topological polar surface area (TPSA) is 102 Å². The summed E-state index contributed by atoms with van der Waals surface area (Å²) in [5, 5.41) is 10.7. The second-order valence-corrected chi connectivity index (χ2v) is 7.60. The number of rotatable bonds is 3. The number of nitrogens with one attached hydrogen (secondary N) is 2. The summed E-state index contributed by atoms with van der Waals surface area (Å²) in [6.45, 7) is 6.10. The van der Waals surface area contributed by atoms with Gasteiger partial charge in [-0.2, -0.15) is 31.1 Å². The van der Waals surface area contributed by atoms with Gasteiger partial charge in [-0.1, -0.05) is 20.8 Å². The third-order valence-corrected chi connectivity index (χ3v) is 3.98. The summed E-state index contributed by atoms with van der Waals surface area (Å²) >= 11 is 0. The predicted molar refractivity (Wildman–Crippen MR) is 93.7 cm³/mol. The van der Waals surface area contributed by atoms with Crippen molar-refractivity contribution >= 4 is 11.8 Å². The molecule has 0 radical (unpaired) electrons. The van der Waals surface area contributed by atoms with E-state index in [1.165, 1.54) is 6.92 Å². The average Bonchev–Trinajstić information content (AvgIpc) is 3.12. The van der Waals surface area contributed by atoms with Crippen LogP contribution in [0.2, 0.25) is 0 Å². The second-order valence-electron chi connectivity index (χ2n) is 7.60. The molecule has 2 amide bonds. The Hall–Kier alpha value is -3.19. The minimum atomic E-state index is -5.04. The fourth-order valence-corrected chi connectivity index (χ4v) is 2.10. The molecule has 170 valence electrons. The van der Waals surface area contributed by atoms with E-state index in [-0.39, 0.29) is 6.07 Å². The minimum Gasteiger partial charge on any atom is -0.273 e. The highest BCUT2D eigenvalue weighted by molar-refractivity contribution is 5.86. The lowest BCUT2D eigenvalue weighted by Gasteiger charge is -2.19. The van der Waals surface area contributed by atoms with Crippen molar-refractivity contribution in [3.63, 3.8) is 0 Å². The predicted octanol–water partition coefficient (Wildman–Crippen LogP) is 3.13. The van der Waals surface area contributed by atoms with E-state index >= 15 is 0 Å². The second kappa shape index (κ2) is 8.15. The van der Waals surface area contributed by atoms with Crippen LogP contribution in [0.3, 0.4) is 0 Å². The molecule has 1 atom stereocenters. The molecule has 2 N–H and O–H groups in total. The van der Waals surface area contributed by atoms with E-state index in [0.717, 1.165) is 0 Å². The first-order valence-electron chi connectivity index (χ1n) is 8.70. The smallest absolute Gasteiger partial charge is 0.273 e. The fraction of sp³-hybridized carbons (Fsp3) is 0.471. The molecule has 0 fully saturated rings. The Morgan fingerprint density at radius 1 is 0.935 bits per heavy atom. The lowest BCUT2D eigenvalue weighted by Crippen LogP contribution is -2.48. The number of hydrogen-bond acceptors (Lipinski definition) is 5. The molecule has 0 spiro atoms. The van der Waals surface area contributed by atoms with Crippen LogP contribution < -0.4 is 10.9 Å². The zero-order valence-corrected chi connectivity index (χ0v) is 16.7. The molecule has 31 heavy (non-hydrogen) atoms. The van der Waals surface area contributed by atoms with Crippen molar-refractivity contribution in [3.05, 3.63) is 29.3 Å². The van der Waals surface area contributed by atoms with Crippen LogP contribution in [0.1, 0.15) is 44.9 Å². The number of aromatic nitrogens is 4. The highest BCUT2D eigenvalue weighted by Gasteiger charge is 2.37. The maximum atomic E-state index is 13.0. The quantitative estimate of drug-likeness (QED) is 0.551. The van der Waals surface area contributed by atoms with E-state index in [4.69, 9.17) is 0 Å². The van der Waals surface area contributed by atoms with Gasteiger partial charge in [-0.3, -0.25) is 20.4 Å². The van der Waals surface area contributed by atoms with Gasteiger partial charge < -0.3 is 0 Å². The van der Waals surface area contributed by atoms with Crippen LogP contribution in [0.25, 0.3) is 11.4 Å². The summed E-state index contributed by atoms with van der Waals surface area (Å²) in [4.78, 5) is 24.6. The lowest BCUT2D eigenvalue weighted by atomic mass is 9.96. The molecule has 2 rings (SSSR count). The van der Waals surface area contributed by atoms with Crippen molar-refractivity contribution in [2.45, 2.75) is 46.1 Å². The summed E-state index contributed by atoms with van der Waals surface area (Å²) in [6.07, 6.45) is -10.1. The van der Waals surface area contributed by atoms with Crippen LogP contribution in [0.15, 0.2) is 18.2 Å². The number of tetrazole rings is 1. The van der Waals surface area contributed by atoms with Crippen molar-refractivity contribution in [1.82, 2.24) is 31.1 Å². The van der Waals surface area contributed by atoms with Gasteiger partial charge in [0.15, 0.2) is 6.04 Å². The van der Waals surface area contributed by atoms with Gasteiger partial charge in [-0.25, -0.2) is 0 Å². The normalized spacial score (nSPS) is 13.6. The zero-order valence-electron chi connectivity index (χ0n) is 16.7. The van der Waals surface area contributed by atoms with E-state index in [2.05, 4.69) is 26.3 Å². The number of amides is 2. The first-order valence-corrected chi connectivity index (χ1v) is 8.70. The van der Waals surface area contributed by atoms with Gasteiger partial charge in [0.05, 0.1) is 11.1 Å². The molecule has 0 aliphatic heterocycles. The number of benzene rings is 1. The van der Waals surface area contributed by atoms with Crippen molar-refractivity contribution in [1.29, 1.82) is 0 Å². The molecule has 0 saturated heterocycles. The molecule has 0 saturated carbocycles. The largest absolute Gasteiger partial charge is 0.416 e. The molecule has 0 aliphatic carbocycles. The summed E-state index contributed by atoms with van der Waals surface area (Å²) < 4.78 is 78.1. The minimum absolute atomic E-state index is 0.0259. The van der Waals surface area contributed by atoms with E-state index in [1.54, 1.807) is 20.8 Å². The number of nitrogens with zero attached hydrogens (tertiary/aromatic N) is 4. The SMILES string of the molecule is CC(C(=O)NNC(=O)C(C)(C)C)n1nnc(-c2cc(C(F)(F)F)cc(C(F)(F)F)c2)n1. The number of carbonyl (C=O) groups excluding carboxylic acids is 2. The third-order valence-electron chi connectivity index (χ3n) is 3.98. The standard InChI is InChI=1S/C17H18F6N6O2/c1-8(13(30)25-26-14(31)15(2,3)4)29-27-12(24-28-29)9-5-10(16(18,19)20)7-11(6-9)17(21,22)23/h5-8H,1-4H3,(H,25,30)(H,26,31). The van der Waals surface area contributed by atoms with Crippen LogP contribution in [-0.2, 0) is 21.9 Å². The molecule has 1 unspecified atom stereocenters. The zero-order chi connectivity index (χ0) is 23.8. The Kier molecular flexibility index (Phi) is 6.33. The van der Waals surface area contributed by atoms with Crippen LogP contribution in [0.5, 0.6) is 0 Å². The van der Waals surface area contributed by atoms with E-state index < -0.39 is 58.1 Å². The summed E-state index contributed by atoms with van der Waals surface area (Å²) in [6, 6.07) is -0.313. The van der Waals surface area contributed by atoms with Gasteiger partial charge in [0, 0.05) is 11.0 Å². The van der Waals surface area contributed by atoms with Crippen molar-refractivity contribution in [2.75, 3.05) is 0 Å². The van der Waals surface area contributed by atoms with Crippen LogP contribution >= 0.6 is 0 Å². The molecular weight excluding hydrogens is 434 g/mol. The van der Waals surface area contributed by atoms with Gasteiger partial charge in [0.25, 0.3) is 5.91 Å². The summed E-state index contributed by atoms with van der Waals surface area (Å²) in [5.74, 6) is -1.83. The van der Waals surface area contributed by atoms with E-state index in [0.29, 0.717) is 16.9 Å². The molecule has 1 heterocycles. The summed E-state index contributed by atoms with van der Waals surface area (Å²) in [7, 11) is 0. The molecule has 8 nitrogen and oxygen atoms in total. The van der Waals surface area contributed by atoms with Crippen LogP contribution in [0.4, 0.5) is 26.3 Å². The Labute approximate surface area is 172 Å². The monoisotopic (exact) mass is 452 g/mol. The number of halogens is 6.